The van der Waals surface area contributed by atoms with E-state index in [9.17, 15) is 4.79 Å². The molecule has 0 aliphatic carbocycles. The van der Waals surface area contributed by atoms with Crippen LogP contribution in [0.1, 0.15) is 19.8 Å². The molecule has 0 spiro atoms. The third kappa shape index (κ3) is 1.92. The number of hydrogen-bond donors (Lipinski definition) is 0. The second-order valence-electron chi connectivity index (χ2n) is 4.12. The highest BCUT2D eigenvalue weighted by molar-refractivity contribution is 5.82. The predicted octanol–water partition coefficient (Wildman–Crippen LogP) is 0.686. The van der Waals surface area contributed by atoms with Crippen LogP contribution in [0.25, 0.3) is 0 Å². The van der Waals surface area contributed by atoms with Gasteiger partial charge in [-0.05, 0) is 19.3 Å². The molecule has 74 valence electrons. The minimum atomic E-state index is 0.394. The summed E-state index contributed by atoms with van der Waals surface area (Å²) >= 11 is 0. The van der Waals surface area contributed by atoms with Crippen LogP contribution >= 0.6 is 0 Å². The fraction of sp³-hybridized carbons (Fsp3) is 0.900. The molecule has 2 aliphatic heterocycles. The van der Waals surface area contributed by atoms with Gasteiger partial charge in [-0.25, -0.2) is 0 Å². The van der Waals surface area contributed by atoms with E-state index < -0.39 is 0 Å². The fourth-order valence-electron chi connectivity index (χ4n) is 2.23. The first-order valence-corrected chi connectivity index (χ1v) is 5.11. The van der Waals surface area contributed by atoms with Crippen molar-refractivity contribution in [1.82, 2.24) is 4.90 Å². The lowest BCUT2D eigenvalue weighted by atomic mass is 10.00. The first kappa shape index (κ1) is 9.16. The molecular weight excluding hydrogens is 166 g/mol. The minimum absolute atomic E-state index is 0.394. The molecule has 0 radical (unpaired) electrons. The Morgan fingerprint density at radius 1 is 1.62 bits per heavy atom. The summed E-state index contributed by atoms with van der Waals surface area (Å²) in [5.41, 5.74) is 0. The minimum Gasteiger partial charge on any atom is -0.381 e. The van der Waals surface area contributed by atoms with Gasteiger partial charge in [0.25, 0.3) is 0 Å². The van der Waals surface area contributed by atoms with Gasteiger partial charge in [-0.3, -0.25) is 9.69 Å². The van der Waals surface area contributed by atoms with E-state index in [2.05, 4.69) is 11.8 Å². The number of carbonyl (C=O) groups excluding carboxylic acids is 1. The van der Waals surface area contributed by atoms with E-state index >= 15 is 0 Å². The van der Waals surface area contributed by atoms with Crippen LogP contribution in [0, 0.1) is 5.92 Å². The summed E-state index contributed by atoms with van der Waals surface area (Å²) in [6.07, 6.45) is 1.91. The number of ketones is 1. The fourth-order valence-corrected chi connectivity index (χ4v) is 2.23. The van der Waals surface area contributed by atoms with Gasteiger partial charge in [-0.15, -0.1) is 0 Å². The van der Waals surface area contributed by atoms with E-state index in [4.69, 9.17) is 4.74 Å². The number of likely N-dealkylation sites (tertiary alicyclic amines) is 1. The molecule has 13 heavy (non-hydrogen) atoms. The van der Waals surface area contributed by atoms with Crippen molar-refractivity contribution in [3.05, 3.63) is 0 Å². The number of nitrogens with zero attached hydrogens (tertiary/aromatic N) is 1. The Kier molecular flexibility index (Phi) is 2.65. The Morgan fingerprint density at radius 3 is 3.00 bits per heavy atom. The maximum absolute atomic E-state index is 11.1. The third-order valence-electron chi connectivity index (χ3n) is 3.28. The number of Topliss-reactive ketones (excluding diaryl/α,β-unsaturated/α-hetero) is 1. The van der Waals surface area contributed by atoms with Gasteiger partial charge in [0.15, 0.2) is 0 Å². The highest BCUT2D eigenvalue weighted by Gasteiger charge is 2.30. The van der Waals surface area contributed by atoms with Gasteiger partial charge in [0, 0.05) is 25.6 Å². The summed E-state index contributed by atoms with van der Waals surface area (Å²) in [5, 5.41) is 0. The molecule has 2 atom stereocenters. The molecule has 3 nitrogen and oxygen atoms in total. The monoisotopic (exact) mass is 183 g/mol. The summed E-state index contributed by atoms with van der Waals surface area (Å²) in [6.45, 7) is 5.62. The maximum Gasteiger partial charge on any atom is 0.148 e. The van der Waals surface area contributed by atoms with Gasteiger partial charge in [-0.2, -0.15) is 0 Å². The van der Waals surface area contributed by atoms with E-state index in [1.807, 2.05) is 0 Å². The molecule has 0 amide bonds. The van der Waals surface area contributed by atoms with E-state index in [1.54, 1.807) is 0 Å². The van der Waals surface area contributed by atoms with Crippen LogP contribution in [0.15, 0.2) is 0 Å². The van der Waals surface area contributed by atoms with Gasteiger partial charge < -0.3 is 4.74 Å². The predicted molar refractivity (Wildman–Crippen MR) is 49.6 cm³/mol. The Morgan fingerprint density at radius 2 is 2.46 bits per heavy atom. The summed E-state index contributed by atoms with van der Waals surface area (Å²) in [6, 6.07) is 0.522. The maximum atomic E-state index is 11.1. The Bertz CT molecular complexity index is 199. The second-order valence-corrected chi connectivity index (χ2v) is 4.12. The first-order chi connectivity index (χ1) is 6.27. The lowest BCUT2D eigenvalue weighted by molar-refractivity contribution is -0.117. The number of ether oxygens (including phenoxy) is 1. The number of carbonyl (C=O) groups is 1. The van der Waals surface area contributed by atoms with Gasteiger partial charge in [0.2, 0.25) is 0 Å². The molecule has 0 aromatic carbocycles. The van der Waals surface area contributed by atoms with E-state index in [0.29, 0.717) is 24.3 Å². The van der Waals surface area contributed by atoms with E-state index in [-0.39, 0.29) is 0 Å². The molecule has 0 aromatic heterocycles. The SMILES string of the molecule is CC(C1CCOC1)N1CCC(=O)C1. The molecule has 0 aromatic rings. The molecule has 2 unspecified atom stereocenters. The van der Waals surface area contributed by atoms with Crippen molar-refractivity contribution in [2.45, 2.75) is 25.8 Å². The lowest BCUT2D eigenvalue weighted by Crippen LogP contribution is -2.37. The number of hydrogen-bond acceptors (Lipinski definition) is 3. The molecule has 2 fully saturated rings. The Balaban J connectivity index is 1.88. The van der Waals surface area contributed by atoms with Gasteiger partial charge >= 0.3 is 0 Å². The Hall–Kier alpha value is -0.410. The summed E-state index contributed by atoms with van der Waals surface area (Å²) in [4.78, 5) is 13.4. The van der Waals surface area contributed by atoms with Crippen LogP contribution in [0.4, 0.5) is 0 Å². The normalized spacial score (nSPS) is 32.7. The average molecular weight is 183 g/mol. The molecular formula is C10H17NO2. The summed E-state index contributed by atoms with van der Waals surface area (Å²) in [7, 11) is 0. The molecule has 0 N–H and O–H groups in total. The summed E-state index contributed by atoms with van der Waals surface area (Å²) < 4.78 is 5.35. The molecule has 2 aliphatic rings. The van der Waals surface area contributed by atoms with Crippen LogP contribution in [-0.4, -0.2) is 43.0 Å². The van der Waals surface area contributed by atoms with E-state index in [0.717, 1.165) is 32.6 Å². The molecule has 3 heteroatoms. The Labute approximate surface area is 79.0 Å². The van der Waals surface area contributed by atoms with Crippen molar-refractivity contribution in [3.63, 3.8) is 0 Å². The van der Waals surface area contributed by atoms with Crippen LogP contribution in [0.3, 0.4) is 0 Å². The van der Waals surface area contributed by atoms with Gasteiger partial charge in [-0.1, -0.05) is 0 Å². The van der Waals surface area contributed by atoms with Crippen molar-refractivity contribution >= 4 is 5.78 Å². The zero-order valence-electron chi connectivity index (χ0n) is 8.16. The highest BCUT2D eigenvalue weighted by atomic mass is 16.5. The molecule has 2 heterocycles. The van der Waals surface area contributed by atoms with Gasteiger partial charge in [0.1, 0.15) is 5.78 Å². The zero-order valence-corrected chi connectivity index (χ0v) is 8.16. The second kappa shape index (κ2) is 3.76. The molecule has 0 bridgehead atoms. The van der Waals surface area contributed by atoms with Crippen LogP contribution in [-0.2, 0) is 9.53 Å². The van der Waals surface area contributed by atoms with Crippen molar-refractivity contribution in [2.24, 2.45) is 5.92 Å². The van der Waals surface area contributed by atoms with Crippen LogP contribution in [0.5, 0.6) is 0 Å². The van der Waals surface area contributed by atoms with Crippen LogP contribution in [0.2, 0.25) is 0 Å². The molecule has 2 rings (SSSR count). The summed E-state index contributed by atoms with van der Waals surface area (Å²) in [5.74, 6) is 1.04. The quantitative estimate of drug-likeness (QED) is 0.630. The molecule has 0 saturated carbocycles. The average Bonchev–Trinajstić information content (AvgIpc) is 2.72. The molecule has 2 saturated heterocycles. The number of rotatable bonds is 2. The zero-order chi connectivity index (χ0) is 9.26. The highest BCUT2D eigenvalue weighted by Crippen LogP contribution is 2.22. The lowest BCUT2D eigenvalue weighted by Gasteiger charge is -2.27. The van der Waals surface area contributed by atoms with Crippen LogP contribution < -0.4 is 0 Å². The first-order valence-electron chi connectivity index (χ1n) is 5.11. The third-order valence-corrected chi connectivity index (χ3v) is 3.28. The van der Waals surface area contributed by atoms with Crippen molar-refractivity contribution in [3.8, 4) is 0 Å². The smallest absolute Gasteiger partial charge is 0.148 e. The van der Waals surface area contributed by atoms with Crippen molar-refractivity contribution < 1.29 is 9.53 Å². The van der Waals surface area contributed by atoms with Crippen molar-refractivity contribution in [1.29, 1.82) is 0 Å². The standard InChI is InChI=1S/C10H17NO2/c1-8(9-3-5-13-7-9)11-4-2-10(12)6-11/h8-9H,2-7H2,1H3. The van der Waals surface area contributed by atoms with Gasteiger partial charge in [0.05, 0.1) is 13.2 Å². The van der Waals surface area contributed by atoms with Crippen molar-refractivity contribution in [2.75, 3.05) is 26.3 Å². The van der Waals surface area contributed by atoms with E-state index in [1.165, 1.54) is 0 Å². The topological polar surface area (TPSA) is 29.5 Å². The largest absolute Gasteiger partial charge is 0.381 e.